The molecule has 0 saturated heterocycles. The van der Waals surface area contributed by atoms with Gasteiger partial charge in [-0.15, -0.1) is 0 Å². The maximum absolute atomic E-state index is 6.37. The van der Waals surface area contributed by atoms with Gasteiger partial charge in [0.15, 0.2) is 5.60 Å². The quantitative estimate of drug-likeness (QED) is 0.637. The molecular formula is C24H20O2. The summed E-state index contributed by atoms with van der Waals surface area (Å²) in [6.45, 7) is 0.637. The van der Waals surface area contributed by atoms with Gasteiger partial charge in [0.05, 0.1) is 13.7 Å². The van der Waals surface area contributed by atoms with E-state index in [1.165, 1.54) is 5.56 Å². The molecule has 0 aromatic heterocycles. The average Bonchev–Trinajstić information content (AvgIpc) is 2.73. The summed E-state index contributed by atoms with van der Waals surface area (Å²) in [7, 11) is 1.68. The lowest BCUT2D eigenvalue weighted by atomic mass is 9.81. The van der Waals surface area contributed by atoms with Gasteiger partial charge in [-0.25, -0.2) is 0 Å². The topological polar surface area (TPSA) is 18.5 Å². The van der Waals surface area contributed by atoms with Crippen molar-refractivity contribution in [2.75, 3.05) is 13.7 Å². The van der Waals surface area contributed by atoms with Crippen LogP contribution in [-0.4, -0.2) is 13.7 Å². The third-order valence-electron chi connectivity index (χ3n) is 4.72. The lowest BCUT2D eigenvalue weighted by Gasteiger charge is -2.35. The second kappa shape index (κ2) is 7.07. The van der Waals surface area contributed by atoms with E-state index in [1.807, 2.05) is 54.6 Å². The van der Waals surface area contributed by atoms with E-state index in [0.717, 1.165) is 28.9 Å². The van der Waals surface area contributed by atoms with Gasteiger partial charge in [-0.05, 0) is 36.2 Å². The Balaban J connectivity index is 1.92. The first-order valence-corrected chi connectivity index (χ1v) is 8.77. The van der Waals surface area contributed by atoms with Crippen LogP contribution >= 0.6 is 0 Å². The minimum atomic E-state index is -0.792. The summed E-state index contributed by atoms with van der Waals surface area (Å²) < 4.78 is 11.8. The highest BCUT2D eigenvalue weighted by atomic mass is 16.5. The van der Waals surface area contributed by atoms with Gasteiger partial charge >= 0.3 is 0 Å². The van der Waals surface area contributed by atoms with Crippen LogP contribution in [-0.2, 0) is 16.8 Å². The van der Waals surface area contributed by atoms with Crippen LogP contribution in [0.1, 0.15) is 22.3 Å². The van der Waals surface area contributed by atoms with Crippen molar-refractivity contribution in [3.8, 4) is 17.6 Å². The van der Waals surface area contributed by atoms with Gasteiger partial charge in [-0.3, -0.25) is 0 Å². The maximum Gasteiger partial charge on any atom is 0.180 e. The molecule has 1 heterocycles. The van der Waals surface area contributed by atoms with Crippen molar-refractivity contribution in [3.63, 3.8) is 0 Å². The Morgan fingerprint density at radius 1 is 0.923 bits per heavy atom. The molecule has 0 saturated carbocycles. The van der Waals surface area contributed by atoms with Crippen LogP contribution in [0.4, 0.5) is 0 Å². The molecule has 2 heteroatoms. The third kappa shape index (κ3) is 2.98. The van der Waals surface area contributed by atoms with E-state index >= 15 is 0 Å². The largest absolute Gasteiger partial charge is 0.497 e. The molecule has 2 nitrogen and oxygen atoms in total. The molecule has 0 bridgehead atoms. The van der Waals surface area contributed by atoms with Crippen molar-refractivity contribution < 1.29 is 9.47 Å². The highest BCUT2D eigenvalue weighted by Gasteiger charge is 2.38. The Morgan fingerprint density at radius 2 is 1.73 bits per heavy atom. The first-order valence-electron chi connectivity index (χ1n) is 8.77. The first-order chi connectivity index (χ1) is 12.8. The second-order valence-corrected chi connectivity index (χ2v) is 6.28. The maximum atomic E-state index is 6.37. The fourth-order valence-corrected chi connectivity index (χ4v) is 3.41. The predicted octanol–water partition coefficient (Wildman–Crippen LogP) is 4.56. The van der Waals surface area contributed by atoms with E-state index in [9.17, 15) is 0 Å². The van der Waals surface area contributed by atoms with Crippen LogP contribution in [0.25, 0.3) is 0 Å². The molecule has 0 unspecified atom stereocenters. The summed E-state index contributed by atoms with van der Waals surface area (Å²) in [5, 5.41) is 0. The lowest BCUT2D eigenvalue weighted by Crippen LogP contribution is -2.35. The van der Waals surface area contributed by atoms with Gasteiger partial charge in [0.1, 0.15) is 5.75 Å². The Morgan fingerprint density at radius 3 is 2.58 bits per heavy atom. The SMILES string of the molecule is COc1cccc([C@@]2(C#Cc3ccccc3)OCCc3ccccc32)c1. The van der Waals surface area contributed by atoms with E-state index < -0.39 is 5.60 Å². The molecule has 1 aliphatic rings. The number of ether oxygens (including phenoxy) is 2. The zero-order valence-electron chi connectivity index (χ0n) is 14.7. The summed E-state index contributed by atoms with van der Waals surface area (Å²) >= 11 is 0. The third-order valence-corrected chi connectivity index (χ3v) is 4.72. The van der Waals surface area contributed by atoms with Gasteiger partial charge in [-0.1, -0.05) is 66.4 Å². The Kier molecular flexibility index (Phi) is 4.48. The van der Waals surface area contributed by atoms with E-state index in [0.29, 0.717) is 6.61 Å². The molecule has 1 aliphatic heterocycles. The summed E-state index contributed by atoms with van der Waals surface area (Å²) in [5.41, 5.74) is 3.57. The average molecular weight is 340 g/mol. The van der Waals surface area contributed by atoms with Crippen molar-refractivity contribution in [1.82, 2.24) is 0 Å². The monoisotopic (exact) mass is 340 g/mol. The van der Waals surface area contributed by atoms with Crippen LogP contribution < -0.4 is 4.74 Å². The standard InChI is InChI=1S/C24H20O2/c1-25-22-12-7-11-21(18-22)24(16-14-19-8-3-2-4-9-19)23-13-6-5-10-20(23)15-17-26-24/h2-13,18H,15,17H2,1H3/t24-/m1/s1. The number of methoxy groups -OCH3 is 1. The van der Waals surface area contributed by atoms with E-state index in [4.69, 9.17) is 9.47 Å². The molecule has 0 spiro atoms. The second-order valence-electron chi connectivity index (χ2n) is 6.28. The van der Waals surface area contributed by atoms with Gasteiger partial charge in [0, 0.05) is 16.7 Å². The van der Waals surface area contributed by atoms with E-state index in [-0.39, 0.29) is 0 Å². The zero-order chi connectivity index (χ0) is 17.8. The molecule has 3 aromatic carbocycles. The van der Waals surface area contributed by atoms with E-state index in [1.54, 1.807) is 7.11 Å². The molecule has 0 aliphatic carbocycles. The van der Waals surface area contributed by atoms with Crippen molar-refractivity contribution in [2.24, 2.45) is 0 Å². The zero-order valence-corrected chi connectivity index (χ0v) is 14.7. The number of rotatable bonds is 2. The normalized spacial score (nSPS) is 18.3. The molecule has 0 radical (unpaired) electrons. The predicted molar refractivity (Wildman–Crippen MR) is 103 cm³/mol. The Labute approximate surface area is 154 Å². The number of benzene rings is 3. The fourth-order valence-electron chi connectivity index (χ4n) is 3.41. The summed E-state index contributed by atoms with van der Waals surface area (Å²) in [6, 6.07) is 26.4. The van der Waals surface area contributed by atoms with Gasteiger partial charge in [0.2, 0.25) is 0 Å². The molecule has 0 N–H and O–H groups in total. The molecule has 26 heavy (non-hydrogen) atoms. The molecule has 4 rings (SSSR count). The molecule has 128 valence electrons. The van der Waals surface area contributed by atoms with Crippen molar-refractivity contribution >= 4 is 0 Å². The fraction of sp³-hybridized carbons (Fsp3) is 0.167. The number of hydrogen-bond donors (Lipinski definition) is 0. The highest BCUT2D eigenvalue weighted by Crippen LogP contribution is 2.39. The molecule has 0 amide bonds. The molecule has 0 fully saturated rings. The number of fused-ring (bicyclic) bond motifs is 1. The minimum absolute atomic E-state index is 0.637. The van der Waals surface area contributed by atoms with Gasteiger partial charge in [0.25, 0.3) is 0 Å². The Hall–Kier alpha value is -3.02. The van der Waals surface area contributed by atoms with Gasteiger partial charge < -0.3 is 9.47 Å². The van der Waals surface area contributed by atoms with Crippen LogP contribution in [0, 0.1) is 11.8 Å². The van der Waals surface area contributed by atoms with Crippen molar-refractivity contribution in [3.05, 3.63) is 101 Å². The van der Waals surface area contributed by atoms with Crippen LogP contribution in [0.15, 0.2) is 78.9 Å². The lowest BCUT2D eigenvalue weighted by molar-refractivity contribution is 0.0160. The summed E-state index contributed by atoms with van der Waals surface area (Å²) in [5.74, 6) is 7.56. The Bertz CT molecular complexity index is 966. The van der Waals surface area contributed by atoms with E-state index in [2.05, 4.69) is 36.1 Å². The molecular weight excluding hydrogens is 320 g/mol. The minimum Gasteiger partial charge on any atom is -0.497 e. The highest BCUT2D eigenvalue weighted by molar-refractivity contribution is 5.53. The first kappa shape index (κ1) is 16.4. The van der Waals surface area contributed by atoms with Crippen LogP contribution in [0.2, 0.25) is 0 Å². The summed E-state index contributed by atoms with van der Waals surface area (Å²) in [6.07, 6.45) is 0.898. The van der Waals surface area contributed by atoms with Crippen molar-refractivity contribution in [2.45, 2.75) is 12.0 Å². The molecule has 1 atom stereocenters. The number of hydrogen-bond acceptors (Lipinski definition) is 2. The van der Waals surface area contributed by atoms with Gasteiger partial charge in [-0.2, -0.15) is 0 Å². The smallest absolute Gasteiger partial charge is 0.180 e. The summed E-state index contributed by atoms with van der Waals surface area (Å²) in [4.78, 5) is 0. The van der Waals surface area contributed by atoms with Crippen LogP contribution in [0.3, 0.4) is 0 Å². The van der Waals surface area contributed by atoms with Crippen molar-refractivity contribution in [1.29, 1.82) is 0 Å². The molecule has 3 aromatic rings. The van der Waals surface area contributed by atoms with Crippen LogP contribution in [0.5, 0.6) is 5.75 Å².